The Labute approximate surface area is 262 Å². The van der Waals surface area contributed by atoms with E-state index in [-0.39, 0.29) is 5.91 Å². The number of rotatable bonds is 8. The van der Waals surface area contributed by atoms with Gasteiger partial charge in [-0.05, 0) is 92.1 Å². The minimum absolute atomic E-state index is 0.0778. The summed E-state index contributed by atoms with van der Waals surface area (Å²) < 4.78 is 0. The van der Waals surface area contributed by atoms with Crippen molar-refractivity contribution >= 4 is 64.6 Å². The summed E-state index contributed by atoms with van der Waals surface area (Å²) in [6.07, 6.45) is 6.74. The Morgan fingerprint density at radius 1 is 1.02 bits per heavy atom. The van der Waals surface area contributed by atoms with Crippen molar-refractivity contribution in [3.05, 3.63) is 80.1 Å². The zero-order valence-electron chi connectivity index (χ0n) is 24.4. The lowest BCUT2D eigenvalue weighted by molar-refractivity contribution is -0.119. The highest BCUT2D eigenvalue weighted by Crippen LogP contribution is 2.38. The van der Waals surface area contributed by atoms with Crippen molar-refractivity contribution < 1.29 is 9.59 Å². The highest BCUT2D eigenvalue weighted by Gasteiger charge is 2.26. The molecule has 0 spiro atoms. The molecule has 1 aliphatic carbocycles. The predicted octanol–water partition coefficient (Wildman–Crippen LogP) is 7.46. The Kier molecular flexibility index (Phi) is 10.0. The minimum atomic E-state index is -0.0778. The number of anilines is 1. The zero-order valence-corrected chi connectivity index (χ0v) is 26.8. The zero-order chi connectivity index (χ0) is 29.8. The number of aromatic amines is 1. The average molecular weight is 626 g/mol. The molecule has 2 N–H and O–H groups in total. The molecule has 1 aromatic heterocycles. The van der Waals surface area contributed by atoms with Crippen molar-refractivity contribution in [1.29, 1.82) is 0 Å². The first-order valence-corrected chi connectivity index (χ1v) is 16.3. The fourth-order valence-corrected chi connectivity index (χ4v) is 7.25. The first-order valence-electron chi connectivity index (χ1n) is 14.6. The number of benzene rings is 2. The molecule has 2 amide bonds. The maximum absolute atomic E-state index is 12.7. The molecule has 0 radical (unpaired) electrons. The van der Waals surface area contributed by atoms with Crippen LogP contribution < -0.4 is 5.32 Å². The lowest BCUT2D eigenvalue weighted by atomic mass is 10.0. The van der Waals surface area contributed by atoms with E-state index in [9.17, 15) is 9.59 Å². The number of halogens is 2. The SMILES string of the molecule is CCc1c(C)[nH]c(/C=C2\C(=O)Nc3ccc(SCc4c(Cl)cccc4Cl)cc32)c1C.O=CN1CCN(CC2CC2)CC1. The summed E-state index contributed by atoms with van der Waals surface area (Å²) in [5.74, 6) is 1.56. The summed E-state index contributed by atoms with van der Waals surface area (Å²) in [4.78, 5) is 31.9. The highest BCUT2D eigenvalue weighted by molar-refractivity contribution is 7.98. The van der Waals surface area contributed by atoms with Gasteiger partial charge < -0.3 is 15.2 Å². The third kappa shape index (κ3) is 7.25. The molecule has 9 heteroatoms. The Bertz CT molecular complexity index is 1470. The van der Waals surface area contributed by atoms with Crippen LogP contribution in [0.3, 0.4) is 0 Å². The Hall–Kier alpha value is -2.71. The number of hydrogen-bond donors (Lipinski definition) is 2. The number of nitrogens with zero attached hydrogens (tertiary/aromatic N) is 2. The van der Waals surface area contributed by atoms with E-state index in [0.29, 0.717) is 21.4 Å². The summed E-state index contributed by atoms with van der Waals surface area (Å²) in [6.45, 7) is 11.6. The van der Waals surface area contributed by atoms with Crippen LogP contribution in [0.4, 0.5) is 5.69 Å². The summed E-state index contributed by atoms with van der Waals surface area (Å²) in [7, 11) is 0. The van der Waals surface area contributed by atoms with Crippen LogP contribution >= 0.6 is 35.0 Å². The number of thioether (sulfide) groups is 1. The van der Waals surface area contributed by atoms with Crippen LogP contribution in [0.25, 0.3) is 11.6 Å². The summed E-state index contributed by atoms with van der Waals surface area (Å²) >= 11 is 14.2. The van der Waals surface area contributed by atoms with Gasteiger partial charge in [-0.25, -0.2) is 0 Å². The van der Waals surface area contributed by atoms with Crippen LogP contribution in [0.5, 0.6) is 0 Å². The smallest absolute Gasteiger partial charge is 0.256 e. The van der Waals surface area contributed by atoms with Crippen LogP contribution in [0, 0.1) is 19.8 Å². The summed E-state index contributed by atoms with van der Waals surface area (Å²) in [5, 5.41) is 4.30. The van der Waals surface area contributed by atoms with Gasteiger partial charge in [-0.1, -0.05) is 36.2 Å². The second-order valence-corrected chi connectivity index (χ2v) is 13.1. The molecule has 0 atom stereocenters. The molecule has 3 aliphatic rings. The number of nitrogens with one attached hydrogen (secondary N) is 2. The molecule has 6 nitrogen and oxygen atoms in total. The fraction of sp³-hybridized carbons (Fsp3) is 0.394. The quantitative estimate of drug-likeness (QED) is 0.155. The molecule has 42 heavy (non-hydrogen) atoms. The van der Waals surface area contributed by atoms with E-state index in [0.717, 1.165) is 78.0 Å². The topological polar surface area (TPSA) is 68.4 Å². The van der Waals surface area contributed by atoms with E-state index >= 15 is 0 Å². The lowest BCUT2D eigenvalue weighted by Gasteiger charge is -2.32. The van der Waals surface area contributed by atoms with Crippen LogP contribution in [0.1, 0.15) is 53.4 Å². The molecule has 0 bridgehead atoms. The Balaban J connectivity index is 0.000000244. The monoisotopic (exact) mass is 624 g/mol. The van der Waals surface area contributed by atoms with Gasteiger partial charge in [0.1, 0.15) is 0 Å². The van der Waals surface area contributed by atoms with Gasteiger partial charge in [-0.15, -0.1) is 11.8 Å². The summed E-state index contributed by atoms with van der Waals surface area (Å²) in [6, 6.07) is 11.6. The Morgan fingerprint density at radius 2 is 1.74 bits per heavy atom. The number of fused-ring (bicyclic) bond motifs is 1. The molecule has 3 heterocycles. The number of carbonyl (C=O) groups excluding carboxylic acids is 2. The van der Waals surface area contributed by atoms with E-state index in [2.05, 4.69) is 42.0 Å². The largest absolute Gasteiger partial charge is 0.359 e. The molecule has 1 saturated heterocycles. The number of aryl methyl sites for hydroxylation is 1. The molecule has 1 saturated carbocycles. The van der Waals surface area contributed by atoms with Crippen LogP contribution in [-0.4, -0.2) is 59.8 Å². The maximum atomic E-state index is 12.7. The van der Waals surface area contributed by atoms with Gasteiger partial charge in [0.05, 0.1) is 5.57 Å². The third-order valence-corrected chi connectivity index (χ3v) is 9.99. The molecule has 222 valence electrons. The van der Waals surface area contributed by atoms with E-state index < -0.39 is 0 Å². The molecular weight excluding hydrogens is 587 g/mol. The molecule has 6 rings (SSSR count). The van der Waals surface area contributed by atoms with E-state index in [1.54, 1.807) is 11.8 Å². The average Bonchev–Trinajstić information content (AvgIpc) is 3.68. The second-order valence-electron chi connectivity index (χ2n) is 11.2. The number of carbonyl (C=O) groups is 2. The minimum Gasteiger partial charge on any atom is -0.359 e. The van der Waals surface area contributed by atoms with Crippen molar-refractivity contribution in [3.63, 3.8) is 0 Å². The second kappa shape index (κ2) is 13.7. The van der Waals surface area contributed by atoms with Crippen LogP contribution in [0.2, 0.25) is 10.0 Å². The highest BCUT2D eigenvalue weighted by atomic mass is 35.5. The molecule has 3 aromatic rings. The van der Waals surface area contributed by atoms with E-state index in [1.807, 2.05) is 41.3 Å². The van der Waals surface area contributed by atoms with Gasteiger partial charge in [0.25, 0.3) is 5.91 Å². The predicted molar refractivity (Wildman–Crippen MR) is 175 cm³/mol. The summed E-state index contributed by atoms with van der Waals surface area (Å²) in [5.41, 5.74) is 7.99. The Morgan fingerprint density at radius 3 is 2.36 bits per heavy atom. The number of piperazine rings is 1. The van der Waals surface area contributed by atoms with Crippen molar-refractivity contribution in [2.75, 3.05) is 38.0 Å². The van der Waals surface area contributed by atoms with Gasteiger partial charge in [0.15, 0.2) is 0 Å². The number of hydrogen-bond acceptors (Lipinski definition) is 4. The van der Waals surface area contributed by atoms with Crippen molar-refractivity contribution in [1.82, 2.24) is 14.8 Å². The normalized spacial score (nSPS) is 17.6. The molecule has 2 aliphatic heterocycles. The standard InChI is InChI=1S/C24H22Cl2N2OS.C9H16N2O/c1-4-16-13(2)23(27-14(16)3)11-18-17-10-15(8-9-22(17)28-24(18)29)30-12-19-20(25)6-5-7-21(19)26;12-8-11-5-3-10(4-6-11)7-9-1-2-9/h5-11,27H,4,12H2,1-3H3,(H,28,29);8-9H,1-7H2/b18-11-;. The van der Waals surface area contributed by atoms with Gasteiger partial charge >= 0.3 is 0 Å². The number of amides is 2. The first kappa shape index (κ1) is 30.7. The molecule has 0 unspecified atom stereocenters. The number of aromatic nitrogens is 1. The molecule has 2 aromatic carbocycles. The van der Waals surface area contributed by atoms with Crippen molar-refractivity contribution in [2.24, 2.45) is 5.92 Å². The van der Waals surface area contributed by atoms with E-state index in [1.165, 1.54) is 30.5 Å². The van der Waals surface area contributed by atoms with Gasteiger partial charge in [0, 0.05) is 76.1 Å². The van der Waals surface area contributed by atoms with Gasteiger partial charge in [-0.3, -0.25) is 14.5 Å². The maximum Gasteiger partial charge on any atom is 0.256 e. The van der Waals surface area contributed by atoms with Crippen molar-refractivity contribution in [2.45, 2.75) is 50.7 Å². The molecular formula is C33H38Cl2N4O2S. The fourth-order valence-electron chi connectivity index (χ4n) is 5.58. The van der Waals surface area contributed by atoms with Gasteiger partial charge in [0.2, 0.25) is 6.41 Å². The van der Waals surface area contributed by atoms with Crippen LogP contribution in [0.15, 0.2) is 41.3 Å². The van der Waals surface area contributed by atoms with E-state index in [4.69, 9.17) is 23.2 Å². The number of H-pyrrole nitrogens is 1. The molecule has 2 fully saturated rings. The lowest BCUT2D eigenvalue weighted by Crippen LogP contribution is -2.46. The van der Waals surface area contributed by atoms with Gasteiger partial charge in [-0.2, -0.15) is 0 Å². The first-order chi connectivity index (χ1) is 20.3. The van der Waals surface area contributed by atoms with Crippen molar-refractivity contribution in [3.8, 4) is 0 Å². The third-order valence-electron chi connectivity index (χ3n) is 8.26. The van der Waals surface area contributed by atoms with Crippen LogP contribution in [-0.2, 0) is 21.8 Å².